The molecule has 2 rings (SSSR count). The molecule has 0 amide bonds. The second-order valence-electron chi connectivity index (χ2n) is 4.99. The molecule has 8 heteroatoms. The van der Waals surface area contributed by atoms with Crippen molar-refractivity contribution in [2.45, 2.75) is 39.8 Å². The fourth-order valence-corrected chi connectivity index (χ4v) is 3.38. The summed E-state index contributed by atoms with van der Waals surface area (Å²) in [5.41, 5.74) is 0.835. The van der Waals surface area contributed by atoms with Gasteiger partial charge in [0.15, 0.2) is 5.76 Å². The minimum atomic E-state index is -3.23. The van der Waals surface area contributed by atoms with E-state index in [1.807, 2.05) is 13.8 Å². The Balaban J connectivity index is 2.14. The number of aromatic nitrogens is 2. The molecule has 0 aliphatic heterocycles. The van der Waals surface area contributed by atoms with Gasteiger partial charge in [0.25, 0.3) is 0 Å². The third kappa shape index (κ3) is 4.06. The maximum atomic E-state index is 12.4. The molecule has 0 spiro atoms. The van der Waals surface area contributed by atoms with E-state index in [4.69, 9.17) is 18.0 Å². The molecule has 2 heterocycles. The summed E-state index contributed by atoms with van der Waals surface area (Å²) in [5, 5.41) is 3.97. The van der Waals surface area contributed by atoms with Crippen LogP contribution in [-0.2, 0) is 19.8 Å². The first-order valence-corrected chi connectivity index (χ1v) is 9.00. The average molecular weight is 328 g/mol. The molecule has 0 bridgehead atoms. The Hall–Kier alpha value is -1.43. The largest absolute Gasteiger partial charge is 0.437 e. The van der Waals surface area contributed by atoms with Gasteiger partial charge in [0.1, 0.15) is 6.16 Å². The van der Waals surface area contributed by atoms with Gasteiger partial charge in [-0.15, -0.1) is 0 Å². The fraction of sp³-hybridized carbons (Fsp3) is 0.571. The zero-order valence-electron chi connectivity index (χ0n) is 13.2. The van der Waals surface area contributed by atoms with Crippen LogP contribution in [0.15, 0.2) is 21.2 Å². The first-order chi connectivity index (χ1) is 10.5. The van der Waals surface area contributed by atoms with Crippen LogP contribution >= 0.6 is 7.60 Å². The predicted molar refractivity (Wildman–Crippen MR) is 80.7 cm³/mol. The van der Waals surface area contributed by atoms with Crippen molar-refractivity contribution in [2.75, 3.05) is 13.2 Å². The summed E-state index contributed by atoms with van der Waals surface area (Å²) in [7, 11) is -3.23. The molecule has 0 unspecified atom stereocenters. The molecule has 7 nitrogen and oxygen atoms in total. The minimum Gasteiger partial charge on any atom is -0.437 e. The van der Waals surface area contributed by atoms with Crippen molar-refractivity contribution in [3.8, 4) is 11.5 Å². The lowest BCUT2D eigenvalue weighted by molar-refractivity contribution is 0.217. The first-order valence-electron chi connectivity index (χ1n) is 7.27. The fourth-order valence-electron chi connectivity index (χ4n) is 1.86. The summed E-state index contributed by atoms with van der Waals surface area (Å²) in [4.78, 5) is 4.11. The van der Waals surface area contributed by atoms with E-state index < -0.39 is 7.60 Å². The van der Waals surface area contributed by atoms with E-state index >= 15 is 0 Å². The molecule has 0 aromatic carbocycles. The standard InChI is InChI=1S/C14H21N2O5P/c1-5-18-22(17,19-6-2)9-14-15-8-13(20-14)12-7-11(10(3)4)16-21-12/h7-8,10H,5-6,9H2,1-4H3. The molecule has 0 saturated heterocycles. The highest BCUT2D eigenvalue weighted by Crippen LogP contribution is 2.51. The van der Waals surface area contributed by atoms with Gasteiger partial charge in [-0.25, -0.2) is 4.98 Å². The zero-order chi connectivity index (χ0) is 16.2. The molecular formula is C14H21N2O5P. The normalized spacial score (nSPS) is 12.2. The summed E-state index contributed by atoms with van der Waals surface area (Å²) in [6.45, 7) is 8.15. The van der Waals surface area contributed by atoms with Crippen molar-refractivity contribution >= 4 is 7.60 Å². The average Bonchev–Trinajstić information content (AvgIpc) is 3.07. The zero-order valence-corrected chi connectivity index (χ0v) is 14.1. The third-order valence-electron chi connectivity index (χ3n) is 2.90. The van der Waals surface area contributed by atoms with Crippen LogP contribution in [0.25, 0.3) is 11.5 Å². The number of nitrogens with zero attached hydrogens (tertiary/aromatic N) is 2. The topological polar surface area (TPSA) is 87.6 Å². The van der Waals surface area contributed by atoms with Gasteiger partial charge in [0, 0.05) is 6.07 Å². The summed E-state index contributed by atoms with van der Waals surface area (Å²) in [5.74, 6) is 1.47. The summed E-state index contributed by atoms with van der Waals surface area (Å²) >= 11 is 0. The minimum absolute atomic E-state index is 0.0140. The first kappa shape index (κ1) is 16.9. The molecule has 0 saturated carbocycles. The van der Waals surface area contributed by atoms with Gasteiger partial charge >= 0.3 is 7.60 Å². The van der Waals surface area contributed by atoms with Gasteiger partial charge in [-0.2, -0.15) is 0 Å². The van der Waals surface area contributed by atoms with Crippen molar-refractivity contribution in [3.05, 3.63) is 23.8 Å². The van der Waals surface area contributed by atoms with Crippen molar-refractivity contribution in [3.63, 3.8) is 0 Å². The van der Waals surface area contributed by atoms with Crippen molar-refractivity contribution < 1.29 is 22.6 Å². The van der Waals surface area contributed by atoms with Crippen LogP contribution < -0.4 is 0 Å². The molecule has 22 heavy (non-hydrogen) atoms. The van der Waals surface area contributed by atoms with E-state index in [1.165, 1.54) is 6.20 Å². The molecule has 0 N–H and O–H groups in total. The van der Waals surface area contributed by atoms with E-state index in [2.05, 4.69) is 10.1 Å². The van der Waals surface area contributed by atoms with Crippen LogP contribution in [0.4, 0.5) is 0 Å². The Morgan fingerprint density at radius 3 is 2.45 bits per heavy atom. The van der Waals surface area contributed by atoms with Gasteiger partial charge in [-0.1, -0.05) is 19.0 Å². The van der Waals surface area contributed by atoms with Crippen LogP contribution in [0.5, 0.6) is 0 Å². The number of rotatable bonds is 8. The van der Waals surface area contributed by atoms with Gasteiger partial charge in [0.05, 0.1) is 25.1 Å². The predicted octanol–water partition coefficient (Wildman–Crippen LogP) is 4.22. The number of oxazole rings is 1. The van der Waals surface area contributed by atoms with E-state index in [0.717, 1.165) is 5.69 Å². The van der Waals surface area contributed by atoms with E-state index in [9.17, 15) is 4.57 Å². The summed E-state index contributed by atoms with van der Waals surface area (Å²) < 4.78 is 33.7. The Labute approximate surface area is 129 Å². The SMILES string of the molecule is CCOP(=O)(Cc1ncc(-c2cc(C(C)C)no2)o1)OCC. The summed E-state index contributed by atoms with van der Waals surface area (Å²) in [6.07, 6.45) is 1.50. The molecule has 2 aromatic heterocycles. The van der Waals surface area contributed by atoms with E-state index in [0.29, 0.717) is 24.7 Å². The van der Waals surface area contributed by atoms with Crippen LogP contribution in [0.1, 0.15) is 45.2 Å². The lowest BCUT2D eigenvalue weighted by Crippen LogP contribution is -1.99. The third-order valence-corrected chi connectivity index (χ3v) is 4.86. The molecule has 2 aromatic rings. The maximum Gasteiger partial charge on any atom is 0.339 e. The Morgan fingerprint density at radius 2 is 1.91 bits per heavy atom. The molecule has 122 valence electrons. The van der Waals surface area contributed by atoms with Gasteiger partial charge in [-0.3, -0.25) is 4.57 Å². The highest BCUT2D eigenvalue weighted by atomic mass is 31.2. The van der Waals surface area contributed by atoms with Crippen molar-refractivity contribution in [1.82, 2.24) is 10.1 Å². The maximum absolute atomic E-state index is 12.4. The second kappa shape index (κ2) is 7.22. The second-order valence-corrected chi connectivity index (χ2v) is 7.05. The monoisotopic (exact) mass is 328 g/mol. The van der Waals surface area contributed by atoms with Gasteiger partial charge in [0.2, 0.25) is 11.7 Å². The molecule has 0 radical (unpaired) electrons. The van der Waals surface area contributed by atoms with Crippen LogP contribution in [0.3, 0.4) is 0 Å². The lowest BCUT2D eigenvalue weighted by atomic mass is 10.1. The Bertz CT molecular complexity index is 639. The van der Waals surface area contributed by atoms with Gasteiger partial charge < -0.3 is 18.0 Å². The Kier molecular flexibility index (Phi) is 5.56. The molecule has 0 atom stereocenters. The van der Waals surface area contributed by atoms with Crippen molar-refractivity contribution in [2.24, 2.45) is 0 Å². The quantitative estimate of drug-likeness (QED) is 0.670. The number of hydrogen-bond donors (Lipinski definition) is 0. The van der Waals surface area contributed by atoms with Crippen LogP contribution in [0, 0.1) is 0 Å². The molecule has 0 aliphatic rings. The lowest BCUT2D eigenvalue weighted by Gasteiger charge is -2.14. The van der Waals surface area contributed by atoms with Crippen LogP contribution in [-0.4, -0.2) is 23.4 Å². The van der Waals surface area contributed by atoms with Crippen LogP contribution in [0.2, 0.25) is 0 Å². The molecular weight excluding hydrogens is 307 g/mol. The van der Waals surface area contributed by atoms with Gasteiger partial charge in [-0.05, 0) is 19.8 Å². The van der Waals surface area contributed by atoms with E-state index in [-0.39, 0.29) is 18.0 Å². The van der Waals surface area contributed by atoms with Crippen molar-refractivity contribution in [1.29, 1.82) is 0 Å². The summed E-state index contributed by atoms with van der Waals surface area (Å²) in [6, 6.07) is 1.81. The highest BCUT2D eigenvalue weighted by Gasteiger charge is 2.27. The highest BCUT2D eigenvalue weighted by molar-refractivity contribution is 7.52. The Morgan fingerprint density at radius 1 is 1.23 bits per heavy atom. The molecule has 0 fully saturated rings. The molecule has 0 aliphatic carbocycles. The van der Waals surface area contributed by atoms with E-state index in [1.54, 1.807) is 19.9 Å². The number of hydrogen-bond acceptors (Lipinski definition) is 7. The smallest absolute Gasteiger partial charge is 0.339 e.